The van der Waals surface area contributed by atoms with Crippen LogP contribution in [0.4, 0.5) is 0 Å². The fourth-order valence-electron chi connectivity index (χ4n) is 3.46. The van der Waals surface area contributed by atoms with E-state index in [0.717, 1.165) is 45.1 Å². The molecule has 1 saturated carbocycles. The largest absolute Gasteiger partial charge is 0.338 e. The molecule has 0 aromatic heterocycles. The highest BCUT2D eigenvalue weighted by atomic mass is 16.2. The second kappa shape index (κ2) is 6.02. The van der Waals surface area contributed by atoms with Crippen LogP contribution in [-0.2, 0) is 4.79 Å². The summed E-state index contributed by atoms with van der Waals surface area (Å²) in [5, 5.41) is 0. The molecule has 1 saturated heterocycles. The number of piperidine rings is 1. The van der Waals surface area contributed by atoms with E-state index >= 15 is 0 Å². The number of hydrogen-bond acceptors (Lipinski definition) is 3. The molecule has 4 heteroatoms. The minimum atomic E-state index is 0.0755. The topological polar surface area (TPSA) is 72.3 Å². The van der Waals surface area contributed by atoms with Crippen LogP contribution in [0.1, 0.15) is 51.9 Å². The lowest BCUT2D eigenvalue weighted by atomic mass is 9.84. The third-order valence-corrected chi connectivity index (χ3v) is 4.50. The Morgan fingerprint density at radius 2 is 2.00 bits per heavy atom. The fraction of sp³-hybridized carbons (Fsp3) is 0.929. The molecule has 0 bridgehead atoms. The predicted molar refractivity (Wildman–Crippen MR) is 72.9 cm³/mol. The molecule has 0 aromatic rings. The number of hydrogen-bond donors (Lipinski definition) is 2. The summed E-state index contributed by atoms with van der Waals surface area (Å²) in [5.74, 6) is 0.459. The Labute approximate surface area is 110 Å². The van der Waals surface area contributed by atoms with Crippen molar-refractivity contribution in [3.05, 3.63) is 0 Å². The van der Waals surface area contributed by atoms with E-state index < -0.39 is 0 Å². The van der Waals surface area contributed by atoms with Crippen LogP contribution >= 0.6 is 0 Å². The van der Waals surface area contributed by atoms with Crippen LogP contribution in [0.2, 0.25) is 0 Å². The molecule has 1 amide bonds. The van der Waals surface area contributed by atoms with Crippen LogP contribution in [0.3, 0.4) is 0 Å². The Kier molecular flexibility index (Phi) is 4.62. The van der Waals surface area contributed by atoms with Gasteiger partial charge in [-0.2, -0.15) is 0 Å². The third-order valence-electron chi connectivity index (χ3n) is 4.50. The van der Waals surface area contributed by atoms with Crippen molar-refractivity contribution in [2.24, 2.45) is 17.4 Å². The summed E-state index contributed by atoms with van der Waals surface area (Å²) < 4.78 is 0. The maximum Gasteiger partial charge on any atom is 0.226 e. The second-order valence-corrected chi connectivity index (χ2v) is 6.08. The zero-order valence-corrected chi connectivity index (χ0v) is 11.5. The van der Waals surface area contributed by atoms with Crippen molar-refractivity contribution >= 4 is 5.91 Å². The lowest BCUT2D eigenvalue weighted by Crippen LogP contribution is -2.54. The predicted octanol–water partition coefficient (Wildman–Crippen LogP) is 1.23. The fourth-order valence-corrected chi connectivity index (χ4v) is 3.46. The van der Waals surface area contributed by atoms with Gasteiger partial charge in [-0.05, 0) is 45.4 Å². The number of rotatable bonds is 2. The molecule has 1 aliphatic carbocycles. The average molecular weight is 253 g/mol. The van der Waals surface area contributed by atoms with Gasteiger partial charge in [-0.25, -0.2) is 0 Å². The van der Waals surface area contributed by atoms with Crippen LogP contribution in [0.25, 0.3) is 0 Å². The van der Waals surface area contributed by atoms with Crippen molar-refractivity contribution in [2.75, 3.05) is 6.54 Å². The first-order valence-corrected chi connectivity index (χ1v) is 7.41. The zero-order chi connectivity index (χ0) is 13.1. The summed E-state index contributed by atoms with van der Waals surface area (Å²) in [5.41, 5.74) is 12.0. The van der Waals surface area contributed by atoms with Crippen molar-refractivity contribution < 1.29 is 4.79 Å². The van der Waals surface area contributed by atoms with Crippen molar-refractivity contribution in [3.63, 3.8) is 0 Å². The van der Waals surface area contributed by atoms with Gasteiger partial charge in [0.05, 0.1) is 0 Å². The Morgan fingerprint density at radius 1 is 1.22 bits per heavy atom. The Hall–Kier alpha value is -0.610. The first kappa shape index (κ1) is 13.8. The van der Waals surface area contributed by atoms with Crippen LogP contribution in [0.5, 0.6) is 0 Å². The highest BCUT2D eigenvalue weighted by Crippen LogP contribution is 2.28. The van der Waals surface area contributed by atoms with E-state index in [4.69, 9.17) is 11.5 Å². The van der Waals surface area contributed by atoms with E-state index in [2.05, 4.69) is 4.90 Å². The SMILES string of the molecule is CC(N)C1CCCCN1C(=O)C1CCCC(N)C1. The van der Waals surface area contributed by atoms with Gasteiger partial charge in [-0.1, -0.05) is 6.42 Å². The summed E-state index contributed by atoms with van der Waals surface area (Å²) in [6, 6.07) is 0.530. The van der Waals surface area contributed by atoms with Gasteiger partial charge in [-0.15, -0.1) is 0 Å². The van der Waals surface area contributed by atoms with Crippen molar-refractivity contribution in [2.45, 2.75) is 70.0 Å². The average Bonchev–Trinajstić information content (AvgIpc) is 2.38. The molecule has 4 nitrogen and oxygen atoms in total. The summed E-state index contributed by atoms with van der Waals surface area (Å²) in [4.78, 5) is 14.7. The van der Waals surface area contributed by atoms with Gasteiger partial charge in [0, 0.05) is 30.6 Å². The van der Waals surface area contributed by atoms with E-state index in [1.54, 1.807) is 0 Å². The Bertz CT molecular complexity index is 293. The van der Waals surface area contributed by atoms with E-state index in [-0.39, 0.29) is 24.0 Å². The molecule has 1 heterocycles. The molecule has 4 unspecified atom stereocenters. The van der Waals surface area contributed by atoms with Gasteiger partial charge < -0.3 is 16.4 Å². The maximum atomic E-state index is 12.6. The van der Waals surface area contributed by atoms with E-state index in [1.165, 1.54) is 6.42 Å². The van der Waals surface area contributed by atoms with Gasteiger partial charge >= 0.3 is 0 Å². The molecular formula is C14H27N3O. The molecule has 18 heavy (non-hydrogen) atoms. The summed E-state index contributed by atoms with van der Waals surface area (Å²) >= 11 is 0. The normalized spacial score (nSPS) is 35.3. The lowest BCUT2D eigenvalue weighted by Gasteiger charge is -2.41. The first-order valence-electron chi connectivity index (χ1n) is 7.41. The van der Waals surface area contributed by atoms with Gasteiger partial charge in [0.15, 0.2) is 0 Å². The van der Waals surface area contributed by atoms with E-state index in [9.17, 15) is 4.79 Å². The monoisotopic (exact) mass is 253 g/mol. The Balaban J connectivity index is 2.01. The lowest BCUT2D eigenvalue weighted by molar-refractivity contribution is -0.141. The van der Waals surface area contributed by atoms with Gasteiger partial charge in [0.1, 0.15) is 0 Å². The number of nitrogens with zero attached hydrogens (tertiary/aromatic N) is 1. The van der Waals surface area contributed by atoms with Crippen molar-refractivity contribution in [3.8, 4) is 0 Å². The van der Waals surface area contributed by atoms with Crippen LogP contribution in [0.15, 0.2) is 0 Å². The zero-order valence-electron chi connectivity index (χ0n) is 11.5. The summed E-state index contributed by atoms with van der Waals surface area (Å²) in [6.07, 6.45) is 7.40. The number of likely N-dealkylation sites (tertiary alicyclic amines) is 1. The Morgan fingerprint density at radius 3 is 2.67 bits per heavy atom. The minimum absolute atomic E-state index is 0.0755. The number of carbonyl (C=O) groups excluding carboxylic acids is 1. The maximum absolute atomic E-state index is 12.6. The summed E-state index contributed by atoms with van der Waals surface area (Å²) in [7, 11) is 0. The molecule has 2 aliphatic rings. The van der Waals surface area contributed by atoms with Crippen LogP contribution in [0, 0.1) is 5.92 Å². The highest BCUT2D eigenvalue weighted by Gasteiger charge is 2.34. The number of nitrogens with two attached hydrogens (primary N) is 2. The van der Waals surface area contributed by atoms with E-state index in [1.807, 2.05) is 6.92 Å². The molecule has 0 radical (unpaired) electrons. The molecule has 0 aromatic carbocycles. The van der Waals surface area contributed by atoms with Gasteiger partial charge in [0.25, 0.3) is 0 Å². The van der Waals surface area contributed by atoms with E-state index in [0.29, 0.717) is 5.91 Å². The highest BCUT2D eigenvalue weighted by molar-refractivity contribution is 5.79. The molecule has 1 aliphatic heterocycles. The van der Waals surface area contributed by atoms with Crippen molar-refractivity contribution in [1.29, 1.82) is 0 Å². The second-order valence-electron chi connectivity index (χ2n) is 6.08. The molecule has 0 spiro atoms. The standard InChI is InChI=1S/C14H27N3O/c1-10(15)13-7-2-3-8-17(13)14(18)11-5-4-6-12(16)9-11/h10-13H,2-9,15-16H2,1H3. The summed E-state index contributed by atoms with van der Waals surface area (Å²) in [6.45, 7) is 2.90. The molecule has 2 fully saturated rings. The number of amides is 1. The van der Waals surface area contributed by atoms with Crippen LogP contribution < -0.4 is 11.5 Å². The smallest absolute Gasteiger partial charge is 0.226 e. The first-order chi connectivity index (χ1) is 8.59. The van der Waals surface area contributed by atoms with Gasteiger partial charge in [0.2, 0.25) is 5.91 Å². The molecule has 4 N–H and O–H groups in total. The molecule has 4 atom stereocenters. The molecule has 2 rings (SSSR count). The quantitative estimate of drug-likeness (QED) is 0.777. The van der Waals surface area contributed by atoms with Gasteiger partial charge in [-0.3, -0.25) is 4.79 Å². The van der Waals surface area contributed by atoms with Crippen LogP contribution in [-0.4, -0.2) is 35.5 Å². The minimum Gasteiger partial charge on any atom is -0.338 e. The number of carbonyl (C=O) groups is 1. The molecular weight excluding hydrogens is 226 g/mol. The van der Waals surface area contributed by atoms with Crippen molar-refractivity contribution in [1.82, 2.24) is 4.90 Å². The molecule has 104 valence electrons. The third kappa shape index (κ3) is 3.04.